The molecule has 2 aromatic rings. The van der Waals surface area contributed by atoms with Gasteiger partial charge in [0.2, 0.25) is 0 Å². The number of nitrogens with zero attached hydrogens (tertiary/aromatic N) is 1. The molecule has 0 heterocycles. The van der Waals surface area contributed by atoms with E-state index in [4.69, 9.17) is 4.74 Å². The standard InChI is InChI=1S/C17H20N2O2/c1-4-21-16-10-8-14(9-11-16)18-17(20)13-6-5-7-15(12-13)19(2)3/h5-12H,4H2,1-3H3,(H,18,20). The molecule has 21 heavy (non-hydrogen) atoms. The van der Waals surface area contributed by atoms with Gasteiger partial charge in [0, 0.05) is 31.0 Å². The van der Waals surface area contributed by atoms with Gasteiger partial charge >= 0.3 is 0 Å². The summed E-state index contributed by atoms with van der Waals surface area (Å²) in [6.07, 6.45) is 0. The van der Waals surface area contributed by atoms with Gasteiger partial charge in [-0.3, -0.25) is 4.79 Å². The smallest absolute Gasteiger partial charge is 0.255 e. The van der Waals surface area contributed by atoms with Crippen LogP contribution in [-0.2, 0) is 0 Å². The maximum Gasteiger partial charge on any atom is 0.255 e. The third-order valence-electron chi connectivity index (χ3n) is 3.05. The first kappa shape index (κ1) is 14.9. The van der Waals surface area contributed by atoms with E-state index in [0.717, 1.165) is 17.1 Å². The minimum Gasteiger partial charge on any atom is -0.494 e. The number of amides is 1. The fourth-order valence-electron chi connectivity index (χ4n) is 1.93. The van der Waals surface area contributed by atoms with Gasteiger partial charge in [-0.1, -0.05) is 6.07 Å². The molecule has 0 radical (unpaired) electrons. The van der Waals surface area contributed by atoms with Crippen LogP contribution in [0.1, 0.15) is 17.3 Å². The molecule has 0 bridgehead atoms. The first-order valence-electron chi connectivity index (χ1n) is 6.91. The Morgan fingerprint density at radius 1 is 1.14 bits per heavy atom. The van der Waals surface area contributed by atoms with E-state index in [-0.39, 0.29) is 5.91 Å². The normalized spacial score (nSPS) is 10.0. The molecule has 4 heteroatoms. The van der Waals surface area contributed by atoms with Gasteiger partial charge in [0.05, 0.1) is 6.61 Å². The molecule has 0 saturated carbocycles. The second kappa shape index (κ2) is 6.79. The van der Waals surface area contributed by atoms with Crippen LogP contribution in [-0.4, -0.2) is 26.6 Å². The highest BCUT2D eigenvalue weighted by molar-refractivity contribution is 6.04. The average Bonchev–Trinajstić information content (AvgIpc) is 2.49. The molecule has 0 aliphatic heterocycles. The lowest BCUT2D eigenvalue weighted by Gasteiger charge is -2.13. The van der Waals surface area contributed by atoms with Gasteiger partial charge in [-0.15, -0.1) is 0 Å². The van der Waals surface area contributed by atoms with Crippen molar-refractivity contribution in [2.45, 2.75) is 6.92 Å². The Bertz CT molecular complexity index is 606. The summed E-state index contributed by atoms with van der Waals surface area (Å²) in [7, 11) is 3.90. The van der Waals surface area contributed by atoms with E-state index in [9.17, 15) is 4.79 Å². The van der Waals surface area contributed by atoms with Crippen LogP contribution in [0.5, 0.6) is 5.75 Å². The molecule has 1 amide bonds. The van der Waals surface area contributed by atoms with Crippen molar-refractivity contribution < 1.29 is 9.53 Å². The van der Waals surface area contributed by atoms with E-state index in [2.05, 4.69) is 5.32 Å². The topological polar surface area (TPSA) is 41.6 Å². The first-order valence-corrected chi connectivity index (χ1v) is 6.91. The molecule has 0 aliphatic carbocycles. The van der Waals surface area contributed by atoms with Gasteiger partial charge < -0.3 is 15.0 Å². The lowest BCUT2D eigenvalue weighted by Crippen LogP contribution is -2.14. The Labute approximate surface area is 125 Å². The Hall–Kier alpha value is -2.49. The van der Waals surface area contributed by atoms with Crippen molar-refractivity contribution in [2.75, 3.05) is 30.9 Å². The van der Waals surface area contributed by atoms with E-state index < -0.39 is 0 Å². The fourth-order valence-corrected chi connectivity index (χ4v) is 1.93. The van der Waals surface area contributed by atoms with Crippen molar-refractivity contribution in [1.82, 2.24) is 0 Å². The number of hydrogen-bond acceptors (Lipinski definition) is 3. The minimum absolute atomic E-state index is 0.122. The van der Waals surface area contributed by atoms with Crippen molar-refractivity contribution in [3.63, 3.8) is 0 Å². The van der Waals surface area contributed by atoms with E-state index in [0.29, 0.717) is 12.2 Å². The van der Waals surface area contributed by atoms with Crippen LogP contribution in [0.25, 0.3) is 0 Å². The number of anilines is 2. The Morgan fingerprint density at radius 2 is 1.86 bits per heavy atom. The third-order valence-corrected chi connectivity index (χ3v) is 3.05. The molecule has 0 aromatic heterocycles. The number of ether oxygens (including phenoxy) is 1. The van der Waals surface area contributed by atoms with Gasteiger partial charge in [0.15, 0.2) is 0 Å². The Kier molecular flexibility index (Phi) is 4.82. The van der Waals surface area contributed by atoms with Crippen molar-refractivity contribution >= 4 is 17.3 Å². The SMILES string of the molecule is CCOc1ccc(NC(=O)c2cccc(N(C)C)c2)cc1. The maximum absolute atomic E-state index is 12.2. The first-order chi connectivity index (χ1) is 10.1. The monoisotopic (exact) mass is 284 g/mol. The fraction of sp³-hybridized carbons (Fsp3) is 0.235. The number of carbonyl (C=O) groups excluding carboxylic acids is 1. The molecule has 0 atom stereocenters. The predicted octanol–water partition coefficient (Wildman–Crippen LogP) is 3.40. The molecule has 0 fully saturated rings. The zero-order valence-electron chi connectivity index (χ0n) is 12.6. The summed E-state index contributed by atoms with van der Waals surface area (Å²) in [5.74, 6) is 0.674. The van der Waals surface area contributed by atoms with Crippen LogP contribution in [0.3, 0.4) is 0 Å². The summed E-state index contributed by atoms with van der Waals surface area (Å²) in [4.78, 5) is 14.2. The molecular weight excluding hydrogens is 264 g/mol. The summed E-state index contributed by atoms with van der Waals surface area (Å²) >= 11 is 0. The number of hydrogen-bond donors (Lipinski definition) is 1. The molecule has 1 N–H and O–H groups in total. The van der Waals surface area contributed by atoms with Crippen LogP contribution in [0, 0.1) is 0 Å². The van der Waals surface area contributed by atoms with Crippen LogP contribution in [0.15, 0.2) is 48.5 Å². The summed E-state index contributed by atoms with van der Waals surface area (Å²) in [6.45, 7) is 2.57. The molecule has 0 saturated heterocycles. The minimum atomic E-state index is -0.122. The summed E-state index contributed by atoms with van der Waals surface area (Å²) in [6, 6.07) is 14.9. The average molecular weight is 284 g/mol. The second-order valence-electron chi connectivity index (χ2n) is 4.86. The second-order valence-corrected chi connectivity index (χ2v) is 4.86. The van der Waals surface area contributed by atoms with E-state index >= 15 is 0 Å². The molecule has 2 aromatic carbocycles. The lowest BCUT2D eigenvalue weighted by molar-refractivity contribution is 0.102. The predicted molar refractivity (Wildman–Crippen MR) is 86.3 cm³/mol. The van der Waals surface area contributed by atoms with Crippen molar-refractivity contribution in [3.05, 3.63) is 54.1 Å². The van der Waals surface area contributed by atoms with E-state index in [1.807, 2.05) is 68.4 Å². The number of nitrogens with one attached hydrogen (secondary N) is 1. The summed E-state index contributed by atoms with van der Waals surface area (Å²) < 4.78 is 5.37. The van der Waals surface area contributed by atoms with E-state index in [1.54, 1.807) is 6.07 Å². The summed E-state index contributed by atoms with van der Waals surface area (Å²) in [5, 5.41) is 2.88. The van der Waals surface area contributed by atoms with Crippen LogP contribution >= 0.6 is 0 Å². The summed E-state index contributed by atoms with van der Waals surface area (Å²) in [5.41, 5.74) is 2.38. The van der Waals surface area contributed by atoms with Gasteiger partial charge in [-0.05, 0) is 49.4 Å². The number of benzene rings is 2. The van der Waals surface area contributed by atoms with Gasteiger partial charge in [0.25, 0.3) is 5.91 Å². The molecule has 0 spiro atoms. The molecule has 0 unspecified atom stereocenters. The van der Waals surface area contributed by atoms with Gasteiger partial charge in [0.1, 0.15) is 5.75 Å². The van der Waals surface area contributed by atoms with Gasteiger partial charge in [-0.2, -0.15) is 0 Å². The Balaban J connectivity index is 2.08. The largest absolute Gasteiger partial charge is 0.494 e. The number of carbonyl (C=O) groups is 1. The lowest BCUT2D eigenvalue weighted by atomic mass is 10.1. The quantitative estimate of drug-likeness (QED) is 0.915. The molecule has 4 nitrogen and oxygen atoms in total. The van der Waals surface area contributed by atoms with Crippen molar-refractivity contribution in [3.8, 4) is 5.75 Å². The van der Waals surface area contributed by atoms with Crippen LogP contribution in [0.2, 0.25) is 0 Å². The third kappa shape index (κ3) is 3.99. The molecular formula is C17H20N2O2. The Morgan fingerprint density at radius 3 is 2.48 bits per heavy atom. The highest BCUT2D eigenvalue weighted by Crippen LogP contribution is 2.18. The zero-order valence-corrected chi connectivity index (χ0v) is 12.6. The highest BCUT2D eigenvalue weighted by Gasteiger charge is 2.07. The zero-order chi connectivity index (χ0) is 15.2. The number of rotatable bonds is 5. The van der Waals surface area contributed by atoms with Crippen molar-refractivity contribution in [1.29, 1.82) is 0 Å². The van der Waals surface area contributed by atoms with Crippen molar-refractivity contribution in [2.24, 2.45) is 0 Å². The van der Waals surface area contributed by atoms with Crippen LogP contribution in [0.4, 0.5) is 11.4 Å². The maximum atomic E-state index is 12.2. The molecule has 2 rings (SSSR count). The van der Waals surface area contributed by atoms with E-state index in [1.165, 1.54) is 0 Å². The highest BCUT2D eigenvalue weighted by atomic mass is 16.5. The molecule has 0 aliphatic rings. The molecule has 110 valence electrons. The van der Waals surface area contributed by atoms with Crippen LogP contribution < -0.4 is 15.0 Å². The van der Waals surface area contributed by atoms with Gasteiger partial charge in [-0.25, -0.2) is 0 Å².